The highest BCUT2D eigenvalue weighted by Crippen LogP contribution is 1.67. The molecular weight excluding hydrogens is 179 g/mol. The number of hydrogen-bond donors (Lipinski definition) is 0. The van der Waals surface area contributed by atoms with Gasteiger partial charge in [-0.2, -0.15) is 22.2 Å². The molecular formula is H3BrCl2Si. The van der Waals surface area contributed by atoms with E-state index in [1.165, 1.54) is 0 Å². The molecule has 0 fully saturated rings. The average Bonchev–Trinajstić information content (AvgIpc) is 0.918. The summed E-state index contributed by atoms with van der Waals surface area (Å²) in [5.74, 6) is 0. The molecule has 0 saturated heterocycles. The second-order valence-electron chi connectivity index (χ2n) is 0.101. The summed E-state index contributed by atoms with van der Waals surface area (Å²) in [5.41, 5.74) is 0. The normalized spacial score (nSPS) is 4.50. The molecule has 4 heteroatoms. The Hall–Kier alpha value is 1.28. The number of halogens is 3. The zero-order chi connectivity index (χ0) is 2.71. The number of hydrogen-bond acceptors (Lipinski definition) is 0. The molecule has 0 nitrogen and oxygen atoms in total. The first-order valence-electron chi connectivity index (χ1n) is 0.535. The van der Waals surface area contributed by atoms with E-state index in [0.717, 1.165) is 0 Å². The van der Waals surface area contributed by atoms with Crippen molar-refractivity contribution in [2.75, 3.05) is 0 Å². The number of rotatable bonds is 0. The van der Waals surface area contributed by atoms with Gasteiger partial charge in [-0.15, -0.1) is 17.0 Å². The van der Waals surface area contributed by atoms with Gasteiger partial charge in [0.05, 0.1) is 0 Å². The molecule has 0 bridgehead atoms. The lowest BCUT2D eigenvalue weighted by Crippen LogP contribution is -1.36. The third-order valence-electron chi connectivity index (χ3n) is 0. The van der Waals surface area contributed by atoms with Gasteiger partial charge in [0, 0.05) is 0 Å². The highest BCUT2D eigenvalue weighted by molar-refractivity contribution is 8.93. The molecule has 0 aliphatic rings. The highest BCUT2D eigenvalue weighted by Gasteiger charge is 1.46. The van der Waals surface area contributed by atoms with E-state index in [2.05, 4.69) is 0 Å². The van der Waals surface area contributed by atoms with Crippen molar-refractivity contribution in [3.63, 3.8) is 0 Å². The largest absolute Gasteiger partial charge is 0.222 e. The molecule has 0 spiro atoms. The molecule has 0 aromatic heterocycles. The van der Waals surface area contributed by atoms with Crippen LogP contribution in [-0.4, -0.2) is 8.14 Å². The molecule has 0 amide bonds. The van der Waals surface area contributed by atoms with Gasteiger partial charge < -0.3 is 0 Å². The van der Waals surface area contributed by atoms with Gasteiger partial charge in [-0.25, -0.2) is 0 Å². The van der Waals surface area contributed by atoms with Crippen molar-refractivity contribution in [1.82, 2.24) is 0 Å². The lowest BCUT2D eigenvalue weighted by molar-refractivity contribution is 4.39. The monoisotopic (exact) mass is 180 g/mol. The molecule has 0 unspecified atom stereocenters. The molecule has 0 saturated carbocycles. The average molecular weight is 182 g/mol. The maximum Gasteiger partial charge on any atom is 0.222 e. The van der Waals surface area contributed by atoms with Crippen molar-refractivity contribution >= 4 is 47.3 Å². The van der Waals surface area contributed by atoms with Crippen LogP contribution >= 0.6 is 39.1 Å². The van der Waals surface area contributed by atoms with Crippen LogP contribution in [0.3, 0.4) is 0 Å². The summed E-state index contributed by atoms with van der Waals surface area (Å²) in [6.07, 6.45) is 0. The van der Waals surface area contributed by atoms with Crippen LogP contribution in [0.25, 0.3) is 0 Å². The van der Waals surface area contributed by atoms with Crippen molar-refractivity contribution in [2.24, 2.45) is 0 Å². The van der Waals surface area contributed by atoms with Gasteiger partial charge in [0.15, 0.2) is 0 Å². The zero-order valence-electron chi connectivity index (χ0n) is 1.87. The molecule has 0 N–H and O–H groups in total. The van der Waals surface area contributed by atoms with Gasteiger partial charge in [-0.1, -0.05) is 0 Å². The zero-order valence-corrected chi connectivity index (χ0v) is 6.51. The van der Waals surface area contributed by atoms with E-state index in [9.17, 15) is 0 Å². The van der Waals surface area contributed by atoms with Gasteiger partial charge in [-0.05, 0) is 0 Å². The van der Waals surface area contributed by atoms with Gasteiger partial charge in [0.1, 0.15) is 0 Å². The third kappa shape index (κ3) is 10.4. The van der Waals surface area contributed by atoms with Crippen molar-refractivity contribution in [1.29, 1.82) is 0 Å². The van der Waals surface area contributed by atoms with E-state index in [1.807, 2.05) is 0 Å². The van der Waals surface area contributed by atoms with Crippen LogP contribution in [0.5, 0.6) is 0 Å². The molecule has 0 aliphatic carbocycles. The summed E-state index contributed by atoms with van der Waals surface area (Å²) >= 11 is 9.81. The van der Waals surface area contributed by atoms with Crippen LogP contribution < -0.4 is 0 Å². The van der Waals surface area contributed by atoms with Crippen LogP contribution in [0, 0.1) is 0 Å². The fourth-order valence-corrected chi connectivity index (χ4v) is 0. The topological polar surface area (TPSA) is 0 Å². The van der Waals surface area contributed by atoms with Crippen molar-refractivity contribution in [3.8, 4) is 0 Å². The summed E-state index contributed by atoms with van der Waals surface area (Å²) in [6.45, 7) is 0. The van der Waals surface area contributed by atoms with Crippen molar-refractivity contribution < 1.29 is 0 Å². The van der Waals surface area contributed by atoms with Crippen LogP contribution in [0.1, 0.15) is 0 Å². The summed E-state index contributed by atoms with van der Waals surface area (Å²) in [5, 5.41) is 0. The standard InChI is InChI=1S/BrH.Cl2H2Si/c;1-3-2/h1H;3H2. The molecule has 28 valence electrons. The predicted octanol–water partition coefficient (Wildman–Crippen LogP) is 1.04. The quantitative estimate of drug-likeness (QED) is 0.387. The third-order valence-corrected chi connectivity index (χ3v) is 0. The SMILES string of the molecule is Br.Cl[SiH2]Cl. The first-order chi connectivity index (χ1) is 1.41. The minimum Gasteiger partial charge on any atom is -0.155 e. The maximum absolute atomic E-state index is 4.90. The van der Waals surface area contributed by atoms with E-state index < -0.39 is 8.14 Å². The summed E-state index contributed by atoms with van der Waals surface area (Å²) in [6, 6.07) is 0. The first-order valence-corrected chi connectivity index (χ1v) is 4.81. The second kappa shape index (κ2) is 8.86. The highest BCUT2D eigenvalue weighted by atomic mass is 79.9. The fourth-order valence-electron chi connectivity index (χ4n) is 0. The Labute approximate surface area is 47.5 Å². The Morgan fingerprint density at radius 2 is 1.25 bits per heavy atom. The molecule has 0 heterocycles. The van der Waals surface area contributed by atoms with Gasteiger partial charge >= 0.3 is 0 Å². The van der Waals surface area contributed by atoms with Crippen LogP contribution in [0.15, 0.2) is 0 Å². The van der Waals surface area contributed by atoms with E-state index >= 15 is 0 Å². The maximum atomic E-state index is 4.90. The molecule has 4 heavy (non-hydrogen) atoms. The first kappa shape index (κ1) is 8.99. The summed E-state index contributed by atoms with van der Waals surface area (Å²) in [4.78, 5) is 0. The lowest BCUT2D eigenvalue weighted by atomic mass is 27.8. The Bertz CT molecular complexity index is 6.00. The minimum atomic E-state index is -0.639. The van der Waals surface area contributed by atoms with E-state index in [4.69, 9.17) is 22.2 Å². The smallest absolute Gasteiger partial charge is 0.155 e. The van der Waals surface area contributed by atoms with Crippen LogP contribution in [-0.2, 0) is 0 Å². The van der Waals surface area contributed by atoms with Gasteiger partial charge in [-0.3, -0.25) is 0 Å². The molecule has 0 radical (unpaired) electrons. The van der Waals surface area contributed by atoms with Gasteiger partial charge in [0.2, 0.25) is 8.14 Å². The lowest BCUT2D eigenvalue weighted by Gasteiger charge is -1.39. The Balaban J connectivity index is 0. The van der Waals surface area contributed by atoms with E-state index in [-0.39, 0.29) is 17.0 Å². The molecule has 0 atom stereocenters. The van der Waals surface area contributed by atoms with Gasteiger partial charge in [0.25, 0.3) is 0 Å². The van der Waals surface area contributed by atoms with Crippen LogP contribution in [0.2, 0.25) is 0 Å². The fraction of sp³-hybridized carbons (Fsp3) is 0. The predicted molar refractivity (Wildman–Crippen MR) is 30.6 cm³/mol. The Morgan fingerprint density at radius 3 is 1.25 bits per heavy atom. The Morgan fingerprint density at radius 1 is 1.25 bits per heavy atom. The minimum absolute atomic E-state index is 0. The van der Waals surface area contributed by atoms with Crippen LogP contribution in [0.4, 0.5) is 0 Å². The van der Waals surface area contributed by atoms with E-state index in [1.54, 1.807) is 0 Å². The molecule has 0 aliphatic heterocycles. The van der Waals surface area contributed by atoms with Crippen molar-refractivity contribution in [2.45, 2.75) is 0 Å². The summed E-state index contributed by atoms with van der Waals surface area (Å²) < 4.78 is 0. The molecule has 0 aromatic carbocycles. The molecule has 0 rings (SSSR count). The molecule has 0 aromatic rings. The van der Waals surface area contributed by atoms with Crippen molar-refractivity contribution in [3.05, 3.63) is 0 Å². The second-order valence-corrected chi connectivity index (χ2v) is 2.73. The Kier molecular flexibility index (Phi) is 19.9. The van der Waals surface area contributed by atoms with E-state index in [0.29, 0.717) is 0 Å². The summed E-state index contributed by atoms with van der Waals surface area (Å²) in [7, 11) is -0.639.